The van der Waals surface area contributed by atoms with Crippen LogP contribution in [0.5, 0.6) is 0 Å². The van der Waals surface area contributed by atoms with Gasteiger partial charge in [0.15, 0.2) is 0 Å². The molecule has 0 aliphatic heterocycles. The van der Waals surface area contributed by atoms with Crippen LogP contribution in [0.1, 0.15) is 18.9 Å². The predicted octanol–water partition coefficient (Wildman–Crippen LogP) is 2.20. The molecule has 1 N–H and O–H groups in total. The Labute approximate surface area is 78.2 Å². The number of allylic oxidation sites excluding steroid dienone is 2. The topological polar surface area (TPSA) is 45.8 Å². The maximum absolute atomic E-state index is 9.51. The summed E-state index contributed by atoms with van der Waals surface area (Å²) in [6.07, 6.45) is 10.3. The number of aldehydes is 1. The van der Waals surface area contributed by atoms with Crippen LogP contribution in [0.15, 0.2) is 31.1 Å². The molecule has 0 bridgehead atoms. The van der Waals surface area contributed by atoms with Gasteiger partial charge in [-0.25, -0.2) is 0 Å². The zero-order valence-corrected chi connectivity index (χ0v) is 7.73. The monoisotopic (exact) mass is 178 g/mol. The quantitative estimate of drug-likeness (QED) is 0.569. The van der Waals surface area contributed by atoms with Crippen LogP contribution in [0.3, 0.4) is 0 Å². The Hall–Kier alpha value is -1.64. The molecule has 0 saturated heterocycles. The molecule has 0 spiro atoms. The first kappa shape index (κ1) is 11.4. The second kappa shape index (κ2) is 8.46. The molecule has 0 fully saturated rings. The van der Waals surface area contributed by atoms with Crippen LogP contribution in [0, 0.1) is 0 Å². The molecule has 0 atom stereocenters. The molecule has 1 heterocycles. The Morgan fingerprint density at radius 1 is 1.69 bits per heavy atom. The number of carbonyl (C=O) groups is 1. The summed E-state index contributed by atoms with van der Waals surface area (Å²) in [4.78, 5) is 9.51. The summed E-state index contributed by atoms with van der Waals surface area (Å²) >= 11 is 0. The lowest BCUT2D eigenvalue weighted by Gasteiger charge is -1.68. The van der Waals surface area contributed by atoms with Gasteiger partial charge in [-0.2, -0.15) is 5.10 Å². The molecule has 0 aliphatic carbocycles. The van der Waals surface area contributed by atoms with Gasteiger partial charge in [-0.3, -0.25) is 5.10 Å². The Morgan fingerprint density at radius 2 is 2.46 bits per heavy atom. The van der Waals surface area contributed by atoms with Gasteiger partial charge in [0.05, 0.1) is 6.20 Å². The number of aromatic nitrogens is 2. The molecule has 1 rings (SSSR count). The van der Waals surface area contributed by atoms with Crippen molar-refractivity contribution in [1.82, 2.24) is 10.2 Å². The van der Waals surface area contributed by atoms with Crippen molar-refractivity contribution in [2.75, 3.05) is 0 Å². The summed E-state index contributed by atoms with van der Waals surface area (Å²) in [5.41, 5.74) is 1.03. The molecule has 70 valence electrons. The Balaban J connectivity index is 0.000000226. The van der Waals surface area contributed by atoms with Crippen LogP contribution < -0.4 is 0 Å². The fraction of sp³-hybridized carbons (Fsp3) is 0.200. The highest BCUT2D eigenvalue weighted by molar-refractivity contribution is 5.51. The molecule has 1 aromatic heterocycles. The normalized spacial score (nSPS) is 9.00. The van der Waals surface area contributed by atoms with E-state index in [0.717, 1.165) is 11.8 Å². The van der Waals surface area contributed by atoms with Crippen LogP contribution in [-0.4, -0.2) is 16.5 Å². The van der Waals surface area contributed by atoms with Crippen molar-refractivity contribution in [3.8, 4) is 0 Å². The van der Waals surface area contributed by atoms with E-state index in [4.69, 9.17) is 0 Å². The van der Waals surface area contributed by atoms with Crippen molar-refractivity contribution in [2.24, 2.45) is 0 Å². The zero-order chi connectivity index (χ0) is 9.94. The third-order valence-electron chi connectivity index (χ3n) is 1.22. The molecule has 0 saturated carbocycles. The van der Waals surface area contributed by atoms with Gasteiger partial charge in [-0.15, -0.1) is 0 Å². The number of rotatable bonds is 3. The third kappa shape index (κ3) is 6.75. The number of carbonyl (C=O) groups excluding carboxylic acids is 1. The minimum Gasteiger partial charge on any atom is -0.303 e. The van der Waals surface area contributed by atoms with Crippen LogP contribution in [0.2, 0.25) is 0 Å². The fourth-order valence-electron chi connectivity index (χ4n) is 0.564. The zero-order valence-electron chi connectivity index (χ0n) is 7.73. The summed E-state index contributed by atoms with van der Waals surface area (Å²) in [7, 11) is 0. The van der Waals surface area contributed by atoms with E-state index >= 15 is 0 Å². The highest BCUT2D eigenvalue weighted by Gasteiger charge is 1.78. The molecular weight excluding hydrogens is 164 g/mol. The average molecular weight is 178 g/mol. The molecule has 1 aromatic rings. The molecule has 0 unspecified atom stereocenters. The van der Waals surface area contributed by atoms with E-state index < -0.39 is 0 Å². The van der Waals surface area contributed by atoms with Gasteiger partial charge >= 0.3 is 0 Å². The average Bonchev–Trinajstić information content (AvgIpc) is 2.68. The number of H-pyrrole nitrogens is 1. The van der Waals surface area contributed by atoms with Crippen LogP contribution in [0.25, 0.3) is 6.08 Å². The largest absolute Gasteiger partial charge is 0.303 e. The van der Waals surface area contributed by atoms with Crippen molar-refractivity contribution in [2.45, 2.75) is 13.3 Å². The van der Waals surface area contributed by atoms with Crippen molar-refractivity contribution < 1.29 is 4.79 Å². The third-order valence-corrected chi connectivity index (χ3v) is 1.22. The number of hydrogen-bond donors (Lipinski definition) is 1. The first-order valence-electron chi connectivity index (χ1n) is 4.01. The molecule has 3 nitrogen and oxygen atoms in total. The molecule has 13 heavy (non-hydrogen) atoms. The number of aromatic amines is 1. The van der Waals surface area contributed by atoms with Gasteiger partial charge in [0.2, 0.25) is 0 Å². The predicted molar refractivity (Wildman–Crippen MR) is 54.2 cm³/mol. The molecule has 0 aromatic carbocycles. The van der Waals surface area contributed by atoms with E-state index in [1.54, 1.807) is 18.5 Å². The van der Waals surface area contributed by atoms with Crippen LogP contribution in [0.4, 0.5) is 0 Å². The second-order valence-corrected chi connectivity index (χ2v) is 2.21. The summed E-state index contributed by atoms with van der Waals surface area (Å²) in [6, 6.07) is 0. The van der Waals surface area contributed by atoms with Gasteiger partial charge in [0, 0.05) is 18.2 Å². The van der Waals surface area contributed by atoms with Crippen molar-refractivity contribution in [3.05, 3.63) is 36.7 Å². The van der Waals surface area contributed by atoms with Crippen molar-refractivity contribution >= 4 is 12.4 Å². The lowest BCUT2D eigenvalue weighted by molar-refractivity contribution is -0.107. The van der Waals surface area contributed by atoms with Gasteiger partial charge in [0.1, 0.15) is 6.29 Å². The Bertz CT molecular complexity index is 250. The SMILES string of the molecule is C/C=C/CC=O.C=Cc1cn[nH]c1. The first-order chi connectivity index (χ1) is 6.35. The van der Waals surface area contributed by atoms with Gasteiger partial charge in [-0.1, -0.05) is 24.8 Å². The van der Waals surface area contributed by atoms with E-state index in [9.17, 15) is 4.79 Å². The first-order valence-corrected chi connectivity index (χ1v) is 4.01. The van der Waals surface area contributed by atoms with Crippen LogP contribution >= 0.6 is 0 Å². The lowest BCUT2D eigenvalue weighted by atomic mass is 10.4. The highest BCUT2D eigenvalue weighted by Crippen LogP contribution is 1.91. The van der Waals surface area contributed by atoms with Gasteiger partial charge in [0.25, 0.3) is 0 Å². The Kier molecular flexibility index (Phi) is 7.39. The van der Waals surface area contributed by atoms with E-state index in [2.05, 4.69) is 16.8 Å². The summed E-state index contributed by atoms with van der Waals surface area (Å²) < 4.78 is 0. The lowest BCUT2D eigenvalue weighted by Crippen LogP contribution is -1.61. The standard InChI is InChI=1S/C5H6N2.C5H8O/c1-2-5-3-6-7-4-5;1-2-3-4-5-6/h2-4H,1H2,(H,6,7);2-3,5H,4H2,1H3/b;3-2+. The summed E-state index contributed by atoms with van der Waals surface area (Å²) in [5, 5.41) is 6.36. The second-order valence-electron chi connectivity index (χ2n) is 2.21. The highest BCUT2D eigenvalue weighted by atomic mass is 16.1. The molecule has 0 amide bonds. The summed E-state index contributed by atoms with van der Waals surface area (Å²) in [6.45, 7) is 5.44. The van der Waals surface area contributed by atoms with Crippen molar-refractivity contribution in [1.29, 1.82) is 0 Å². The molecule has 0 aliphatic rings. The minimum absolute atomic E-state index is 0.552. The number of hydrogen-bond acceptors (Lipinski definition) is 2. The fourth-order valence-corrected chi connectivity index (χ4v) is 0.564. The number of nitrogens with one attached hydrogen (secondary N) is 1. The van der Waals surface area contributed by atoms with E-state index in [0.29, 0.717) is 6.42 Å². The van der Waals surface area contributed by atoms with E-state index in [1.807, 2.05) is 19.1 Å². The molecule has 0 radical (unpaired) electrons. The molecule has 3 heteroatoms. The van der Waals surface area contributed by atoms with Crippen molar-refractivity contribution in [3.63, 3.8) is 0 Å². The van der Waals surface area contributed by atoms with Gasteiger partial charge in [-0.05, 0) is 6.92 Å². The van der Waals surface area contributed by atoms with E-state index in [-0.39, 0.29) is 0 Å². The van der Waals surface area contributed by atoms with Gasteiger partial charge < -0.3 is 4.79 Å². The maximum Gasteiger partial charge on any atom is 0.123 e. The van der Waals surface area contributed by atoms with E-state index in [1.165, 1.54) is 0 Å². The summed E-state index contributed by atoms with van der Waals surface area (Å²) in [5.74, 6) is 0. The Morgan fingerprint density at radius 3 is 2.69 bits per heavy atom. The smallest absolute Gasteiger partial charge is 0.123 e. The maximum atomic E-state index is 9.51. The molecular formula is C10H14N2O. The minimum atomic E-state index is 0.552. The van der Waals surface area contributed by atoms with Crippen LogP contribution in [-0.2, 0) is 4.79 Å². The number of nitrogens with zero attached hydrogens (tertiary/aromatic N) is 1.